The molecule has 2 heterocycles. The number of alkyl halides is 3. The number of rotatable bonds is 7. The Balaban J connectivity index is 1.78. The molecule has 0 radical (unpaired) electrons. The minimum atomic E-state index is -4.85. The van der Waals surface area contributed by atoms with Crippen LogP contribution >= 0.6 is 0 Å². The van der Waals surface area contributed by atoms with Crippen molar-refractivity contribution in [3.63, 3.8) is 0 Å². The van der Waals surface area contributed by atoms with Crippen molar-refractivity contribution >= 4 is 5.91 Å². The quantitative estimate of drug-likeness (QED) is 0.567. The van der Waals surface area contributed by atoms with Gasteiger partial charge in [-0.3, -0.25) is 4.79 Å². The largest absolute Gasteiger partial charge is 0.492 e. The van der Waals surface area contributed by atoms with Gasteiger partial charge in [0.05, 0.1) is 25.4 Å². The van der Waals surface area contributed by atoms with Gasteiger partial charge in [0.15, 0.2) is 11.5 Å². The number of benzene rings is 1. The van der Waals surface area contributed by atoms with Gasteiger partial charge in [0.2, 0.25) is 5.88 Å². The molecule has 2 aromatic heterocycles. The predicted octanol–water partition coefficient (Wildman–Crippen LogP) is 3.15. The molecule has 0 aliphatic heterocycles. The summed E-state index contributed by atoms with van der Waals surface area (Å²) in [5.74, 6) is -0.290. The molecule has 0 aliphatic carbocycles. The van der Waals surface area contributed by atoms with E-state index in [9.17, 15) is 18.0 Å². The van der Waals surface area contributed by atoms with Gasteiger partial charge in [-0.2, -0.15) is 18.3 Å². The molecule has 8 nitrogen and oxygen atoms in total. The molecule has 0 N–H and O–H groups in total. The van der Waals surface area contributed by atoms with E-state index < -0.39 is 23.3 Å². The summed E-state index contributed by atoms with van der Waals surface area (Å²) in [4.78, 5) is 13.9. The lowest BCUT2D eigenvalue weighted by atomic mass is 10.2. The van der Waals surface area contributed by atoms with Gasteiger partial charge in [0, 0.05) is 13.1 Å². The zero-order chi connectivity index (χ0) is 22.6. The third kappa shape index (κ3) is 5.11. The van der Waals surface area contributed by atoms with Gasteiger partial charge in [0.25, 0.3) is 5.91 Å². The maximum absolute atomic E-state index is 13.8. The fourth-order valence-electron chi connectivity index (χ4n) is 2.80. The summed E-state index contributed by atoms with van der Waals surface area (Å²) in [6.07, 6.45) is -3.98. The van der Waals surface area contributed by atoms with Crippen molar-refractivity contribution in [2.24, 2.45) is 0 Å². The van der Waals surface area contributed by atoms with Gasteiger partial charge in [0.1, 0.15) is 12.4 Å². The summed E-state index contributed by atoms with van der Waals surface area (Å²) in [7, 11) is 2.75. The lowest BCUT2D eigenvalue weighted by Gasteiger charge is -2.18. The molecule has 0 spiro atoms. The number of methoxy groups -OCH3 is 1. The Morgan fingerprint density at radius 2 is 1.97 bits per heavy atom. The molecule has 11 heteroatoms. The highest BCUT2D eigenvalue weighted by molar-refractivity contribution is 5.95. The molecule has 0 atom stereocenters. The molecule has 0 fully saturated rings. The van der Waals surface area contributed by atoms with Crippen LogP contribution in [0.25, 0.3) is 5.82 Å². The molecular formula is C20H20F3N5O3. The van der Waals surface area contributed by atoms with Crippen LogP contribution in [0, 0.1) is 6.92 Å². The van der Waals surface area contributed by atoms with E-state index in [0.29, 0.717) is 10.4 Å². The first-order valence-corrected chi connectivity index (χ1v) is 9.19. The molecule has 0 aliphatic rings. The van der Waals surface area contributed by atoms with E-state index in [4.69, 9.17) is 9.47 Å². The number of hydrogen-bond donors (Lipinski definition) is 0. The van der Waals surface area contributed by atoms with Crippen molar-refractivity contribution in [1.29, 1.82) is 0 Å². The first-order valence-electron chi connectivity index (χ1n) is 9.19. The number of aryl methyl sites for hydroxylation is 1. The molecule has 3 aromatic rings. The zero-order valence-corrected chi connectivity index (χ0v) is 17.1. The Labute approximate surface area is 176 Å². The van der Waals surface area contributed by atoms with Crippen molar-refractivity contribution in [3.8, 4) is 17.4 Å². The van der Waals surface area contributed by atoms with E-state index in [-0.39, 0.29) is 24.8 Å². The minimum absolute atomic E-state index is 0.0809. The summed E-state index contributed by atoms with van der Waals surface area (Å²) >= 11 is 0. The van der Waals surface area contributed by atoms with Crippen molar-refractivity contribution in [3.05, 3.63) is 59.4 Å². The Morgan fingerprint density at radius 3 is 2.58 bits per heavy atom. The van der Waals surface area contributed by atoms with E-state index in [1.807, 2.05) is 25.1 Å². The van der Waals surface area contributed by atoms with Crippen molar-refractivity contribution < 1.29 is 27.4 Å². The smallest absolute Gasteiger partial charge is 0.434 e. The average molecular weight is 435 g/mol. The highest BCUT2D eigenvalue weighted by atomic mass is 19.4. The van der Waals surface area contributed by atoms with Crippen LogP contribution < -0.4 is 9.47 Å². The Kier molecular flexibility index (Phi) is 6.42. The van der Waals surface area contributed by atoms with Crippen molar-refractivity contribution in [1.82, 2.24) is 24.9 Å². The first kappa shape index (κ1) is 22.1. The second kappa shape index (κ2) is 9.02. The number of ether oxygens (including phenoxy) is 2. The van der Waals surface area contributed by atoms with Crippen LogP contribution in [-0.2, 0) is 6.18 Å². The van der Waals surface area contributed by atoms with Crippen LogP contribution in [-0.4, -0.2) is 58.1 Å². The second-order valence-electron chi connectivity index (χ2n) is 6.64. The van der Waals surface area contributed by atoms with Crippen LogP contribution in [0.5, 0.6) is 11.6 Å². The molecule has 31 heavy (non-hydrogen) atoms. The van der Waals surface area contributed by atoms with E-state index in [1.165, 1.54) is 26.3 Å². The topological polar surface area (TPSA) is 82.4 Å². The third-order valence-corrected chi connectivity index (χ3v) is 4.35. The van der Waals surface area contributed by atoms with Crippen LogP contribution in [0.4, 0.5) is 13.2 Å². The maximum Gasteiger partial charge on any atom is 0.434 e. The number of aromatic nitrogens is 4. The van der Waals surface area contributed by atoms with E-state index in [0.717, 1.165) is 16.7 Å². The number of carbonyl (C=O) groups is 1. The van der Waals surface area contributed by atoms with E-state index in [2.05, 4.69) is 15.3 Å². The summed E-state index contributed by atoms with van der Waals surface area (Å²) in [6, 6.07) is 9.93. The van der Waals surface area contributed by atoms with Gasteiger partial charge in [-0.05, 0) is 30.7 Å². The number of halogens is 3. The van der Waals surface area contributed by atoms with E-state index >= 15 is 0 Å². The summed E-state index contributed by atoms with van der Waals surface area (Å²) in [6.45, 7) is 2.11. The normalized spacial score (nSPS) is 11.3. The van der Waals surface area contributed by atoms with E-state index in [1.54, 1.807) is 6.07 Å². The lowest BCUT2D eigenvalue weighted by molar-refractivity contribution is -0.143. The Hall–Kier alpha value is -3.63. The number of nitrogens with zero attached hydrogens (tertiary/aromatic N) is 5. The molecule has 3 rings (SSSR count). The van der Waals surface area contributed by atoms with Gasteiger partial charge in [-0.15, -0.1) is 10.2 Å². The van der Waals surface area contributed by atoms with Gasteiger partial charge >= 0.3 is 6.18 Å². The third-order valence-electron chi connectivity index (χ3n) is 4.35. The fraction of sp³-hybridized carbons (Fsp3) is 0.300. The zero-order valence-electron chi connectivity index (χ0n) is 17.1. The van der Waals surface area contributed by atoms with Gasteiger partial charge in [-0.25, -0.2) is 4.68 Å². The summed E-state index contributed by atoms with van der Waals surface area (Å²) < 4.78 is 52.3. The highest BCUT2D eigenvalue weighted by Crippen LogP contribution is 2.33. The number of likely N-dealkylation sites (N-methyl/N-ethyl adjacent to an activating group) is 1. The molecule has 0 unspecified atom stereocenters. The van der Waals surface area contributed by atoms with Crippen LogP contribution in [0.3, 0.4) is 0 Å². The van der Waals surface area contributed by atoms with Crippen LogP contribution in [0.1, 0.15) is 21.6 Å². The van der Waals surface area contributed by atoms with Crippen LogP contribution in [0.2, 0.25) is 0 Å². The Morgan fingerprint density at radius 1 is 1.19 bits per heavy atom. The molecule has 0 saturated carbocycles. The molecule has 164 valence electrons. The number of carbonyl (C=O) groups excluding carboxylic acids is 1. The Bertz CT molecular complexity index is 1050. The van der Waals surface area contributed by atoms with Crippen molar-refractivity contribution in [2.45, 2.75) is 13.1 Å². The van der Waals surface area contributed by atoms with Crippen LogP contribution in [0.15, 0.2) is 42.6 Å². The number of hydrogen-bond acceptors (Lipinski definition) is 6. The minimum Gasteiger partial charge on any atom is -0.492 e. The standard InChI is InChI=1S/C20H20F3N5O3/c1-13-5-4-6-14(11-13)31-10-9-27(2)19(29)15-12-24-28(18(15)20(21,22)23)16-7-8-17(30-3)26-25-16/h4-8,11-12H,9-10H2,1-3H3. The maximum atomic E-state index is 13.8. The number of amides is 1. The SMILES string of the molecule is COc1ccc(-n2ncc(C(=O)N(C)CCOc3cccc(C)c3)c2C(F)(F)F)nn1. The highest BCUT2D eigenvalue weighted by Gasteiger charge is 2.41. The molecule has 1 aromatic carbocycles. The fourth-order valence-corrected chi connectivity index (χ4v) is 2.80. The monoisotopic (exact) mass is 435 g/mol. The second-order valence-corrected chi connectivity index (χ2v) is 6.64. The average Bonchev–Trinajstić information content (AvgIpc) is 3.19. The van der Waals surface area contributed by atoms with Gasteiger partial charge in [-0.1, -0.05) is 12.1 Å². The molecular weight excluding hydrogens is 415 g/mol. The predicted molar refractivity (Wildman–Crippen MR) is 104 cm³/mol. The molecule has 1 amide bonds. The molecule has 0 saturated heterocycles. The first-order chi connectivity index (χ1) is 14.7. The van der Waals surface area contributed by atoms with Gasteiger partial charge < -0.3 is 14.4 Å². The summed E-state index contributed by atoms with van der Waals surface area (Å²) in [5.41, 5.74) is -0.822. The lowest BCUT2D eigenvalue weighted by Crippen LogP contribution is -2.32. The van der Waals surface area contributed by atoms with Crippen molar-refractivity contribution in [2.75, 3.05) is 27.3 Å². The summed E-state index contributed by atoms with van der Waals surface area (Å²) in [5, 5.41) is 11.1. The molecule has 0 bridgehead atoms.